The highest BCUT2D eigenvalue weighted by molar-refractivity contribution is 7.12. The Morgan fingerprint density at radius 2 is 2.32 bits per heavy atom. The lowest BCUT2D eigenvalue weighted by atomic mass is 9.93. The number of carbonyl (C=O) groups is 1. The highest BCUT2D eigenvalue weighted by Gasteiger charge is 2.38. The maximum absolute atomic E-state index is 13.0. The van der Waals surface area contributed by atoms with Crippen LogP contribution < -0.4 is 0 Å². The summed E-state index contributed by atoms with van der Waals surface area (Å²) in [6.07, 6.45) is 0.823. The van der Waals surface area contributed by atoms with Gasteiger partial charge in [-0.3, -0.25) is 4.90 Å². The van der Waals surface area contributed by atoms with E-state index in [4.69, 9.17) is 22.3 Å². The normalized spacial score (nSPS) is 21.2. The first-order valence-electron chi connectivity index (χ1n) is 11.1. The molecule has 1 aliphatic rings. The van der Waals surface area contributed by atoms with Gasteiger partial charge < -0.3 is 4.74 Å². The number of thiophene rings is 1. The van der Waals surface area contributed by atoms with Gasteiger partial charge >= 0.3 is 5.97 Å². The lowest BCUT2D eigenvalue weighted by Gasteiger charge is -2.39. The number of nitrogens with zero attached hydrogens (tertiary/aromatic N) is 1. The third-order valence-electron chi connectivity index (χ3n) is 4.86. The van der Waals surface area contributed by atoms with E-state index in [0.29, 0.717) is 17.1 Å². The highest BCUT2D eigenvalue weighted by atomic mass is 35.5. The number of fused-ring (bicyclic) bond motifs is 1. The van der Waals surface area contributed by atoms with E-state index < -0.39 is 12.0 Å². The van der Waals surface area contributed by atoms with Crippen molar-refractivity contribution in [2.45, 2.75) is 46.2 Å². The van der Waals surface area contributed by atoms with Gasteiger partial charge in [0.25, 0.3) is 0 Å². The van der Waals surface area contributed by atoms with Crippen LogP contribution in [0.5, 0.6) is 0 Å². The Balaban J connectivity index is -0.00000000764. The van der Waals surface area contributed by atoms with Crippen molar-refractivity contribution in [3.63, 3.8) is 0 Å². The Morgan fingerprint density at radius 3 is 3.00 bits per heavy atom. The average Bonchev–Trinajstić information content (AvgIpc) is 3.05. The molecule has 25 heavy (non-hydrogen) atoms. The highest BCUT2D eigenvalue weighted by Crippen LogP contribution is 2.43. The second kappa shape index (κ2) is 7.48. The fraction of sp³-hybridized carbons (Fsp3) is 0.450. The number of halogens is 1. The predicted octanol–water partition coefficient (Wildman–Crippen LogP) is 13.9. The molecule has 5 heteroatoms. The number of hydrogen-bond donors (Lipinski definition) is 0. The Labute approximate surface area is 215 Å². The summed E-state index contributed by atoms with van der Waals surface area (Å²) in [6, 6.07) is 5.35. The molecule has 0 fully saturated rings. The maximum atomic E-state index is 13.0. The molecule has 204 valence electrons. The standard InChI is InChI=1S/C20H24ClNO2S.35H2/c1-5-24-20(23)19(15-8-6-7-9-16(15)21)22-11-10-17-18(13(22)3)12(2)14(4)25-17;;;;;;;;;;;;;;;;;;;;;;;;;;;;;;;;;;;/h6-9,13,19H,5,10-11H2,1-4H3;35*1H/t13?,19-;;;;;;;;;;;;;;;;;;;;;;;;;;;;;;;;;;;/m0.................................../s1/i19D;2*1+1D;;;;;;;;;;;;;;;;;;;;;;;;;;;;;;;;;. The van der Waals surface area contributed by atoms with E-state index in [9.17, 15) is 6.17 Å². The zero-order chi connectivity index (χ0) is 23.1. The summed E-state index contributed by atoms with van der Waals surface area (Å²) < 4.78 is 34.5. The minimum absolute atomic E-state index is 0. The SMILES string of the molecule is [2H][2H].[2H][2H].[2H][C@@](C(=O)OCC)(c1ccccc1Cl)N1CCc2sc(C)c(C)c2C1C.[HH].[HH].[HH].[HH].[HH].[HH].[HH].[HH].[HH].[HH].[HH].[HH].[HH].[HH].[HH].[HH].[HH].[HH].[HH].[HH].[HH].[HH].[HH].[HH].[HH].[HH].[HH].[HH].[HH].[HH].[HH].[HH].[HH]. The first-order valence-corrected chi connectivity index (χ1v) is 9.79. The molecule has 0 N–H and O–H groups in total. The second-order valence-corrected chi connectivity index (χ2v) is 8.00. The van der Waals surface area contributed by atoms with Crippen LogP contribution in [-0.4, -0.2) is 24.0 Å². The number of rotatable bonds is 4. The van der Waals surface area contributed by atoms with Crippen LogP contribution in [0.1, 0.15) is 107 Å². The fourth-order valence-electron chi connectivity index (χ4n) is 3.56. The summed E-state index contributed by atoms with van der Waals surface area (Å²) in [5, 5.41) is 0.409. The van der Waals surface area contributed by atoms with E-state index in [1.165, 1.54) is 20.9 Å². The van der Waals surface area contributed by atoms with Gasteiger partial charge in [0.15, 0.2) is 0 Å². The van der Waals surface area contributed by atoms with E-state index in [1.54, 1.807) is 19.1 Å². The van der Waals surface area contributed by atoms with Gasteiger partial charge in [0, 0.05) is 80.4 Å². The molecule has 3 rings (SSSR count). The van der Waals surface area contributed by atoms with Gasteiger partial charge in [-0.05, 0) is 56.9 Å². The topological polar surface area (TPSA) is 29.5 Å². The van der Waals surface area contributed by atoms with Crippen molar-refractivity contribution < 1.29 is 63.9 Å². The van der Waals surface area contributed by atoms with Gasteiger partial charge in [0.1, 0.15) is 6.02 Å². The summed E-state index contributed by atoms with van der Waals surface area (Å²) in [5.74, 6) is -0.576. The van der Waals surface area contributed by atoms with E-state index in [0.717, 1.165) is 6.42 Å². The van der Waals surface area contributed by atoms with Crippen molar-refractivity contribution in [2.24, 2.45) is 0 Å². The van der Waals surface area contributed by atoms with E-state index in [2.05, 4.69) is 20.8 Å². The molecule has 2 aromatic rings. The molecule has 0 saturated heterocycles. The van der Waals surface area contributed by atoms with Crippen LogP contribution in [-0.2, 0) is 16.0 Å². The first kappa shape index (κ1) is 14.8. The minimum atomic E-state index is -1.67. The van der Waals surface area contributed by atoms with Crippen molar-refractivity contribution in [1.82, 2.24) is 4.90 Å². The van der Waals surface area contributed by atoms with E-state index in [-0.39, 0.29) is 59.7 Å². The molecule has 0 spiro atoms. The number of aryl methyl sites for hydroxylation is 1. The van der Waals surface area contributed by atoms with Gasteiger partial charge in [-0.2, -0.15) is 0 Å². The molecule has 1 aliphatic heterocycles. The van der Waals surface area contributed by atoms with Gasteiger partial charge in [-0.15, -0.1) is 11.3 Å². The molecule has 0 aliphatic carbocycles. The van der Waals surface area contributed by atoms with E-state index >= 15 is 0 Å². The van der Waals surface area contributed by atoms with Crippen LogP contribution in [0.15, 0.2) is 24.3 Å². The third kappa shape index (κ3) is 3.35. The second-order valence-electron chi connectivity index (χ2n) is 6.29. The van der Waals surface area contributed by atoms with Crippen LogP contribution in [0.2, 0.25) is 5.02 Å². The molecule has 0 saturated carbocycles. The van der Waals surface area contributed by atoms with Crippen LogP contribution in [0.3, 0.4) is 0 Å². The third-order valence-corrected chi connectivity index (χ3v) is 6.47. The maximum Gasteiger partial charge on any atom is 0.328 e. The number of esters is 1. The molecule has 0 radical (unpaired) electrons. The minimum Gasteiger partial charge on any atom is -0.465 e. The largest absolute Gasteiger partial charge is 0.465 e. The molecule has 2 atom stereocenters. The van der Waals surface area contributed by atoms with Crippen LogP contribution in [0, 0.1) is 13.8 Å². The van der Waals surface area contributed by atoms with Gasteiger partial charge in [0.2, 0.25) is 0 Å². The number of ether oxygens (including phenoxy) is 1. The molecule has 0 amide bonds. The summed E-state index contributed by atoms with van der Waals surface area (Å²) in [5.41, 5.74) is 2.97. The summed E-state index contributed by atoms with van der Waals surface area (Å²) in [7, 11) is 0. The zero-order valence-electron chi connectivity index (χ0n) is 20.1. The molecule has 3 nitrogen and oxygen atoms in total. The lowest BCUT2D eigenvalue weighted by molar-refractivity contribution is -0.151. The molecular weight excluding hydrogens is 354 g/mol. The summed E-state index contributed by atoms with van der Waals surface area (Å²) >= 11 is 8.22. The van der Waals surface area contributed by atoms with Crippen LogP contribution in [0.25, 0.3) is 0 Å². The monoisotopic (exact) mass is 453 g/mol. The molecule has 1 aromatic heterocycles. The smallest absolute Gasteiger partial charge is 0.328 e. The van der Waals surface area contributed by atoms with Crippen molar-refractivity contribution in [3.05, 3.63) is 55.7 Å². The Morgan fingerprint density at radius 1 is 1.60 bits per heavy atom. The van der Waals surface area contributed by atoms with Gasteiger partial charge in [-0.1, -0.05) is 29.8 Å². The molecule has 0 bridgehead atoms. The van der Waals surface area contributed by atoms with Crippen LogP contribution >= 0.6 is 22.9 Å². The number of benzene rings is 1. The molecule has 1 unspecified atom stereocenters. The predicted molar refractivity (Wildman–Crippen MR) is 177 cm³/mol. The van der Waals surface area contributed by atoms with Crippen molar-refractivity contribution in [2.75, 3.05) is 13.2 Å². The van der Waals surface area contributed by atoms with Crippen molar-refractivity contribution in [3.8, 4) is 0 Å². The van der Waals surface area contributed by atoms with E-state index in [1.807, 2.05) is 28.4 Å². The molecule has 2 heterocycles. The Bertz CT molecular complexity index is 892. The Hall–Kier alpha value is -1.36. The Kier molecular flexibility index (Phi) is 4.42. The van der Waals surface area contributed by atoms with Gasteiger partial charge in [0.05, 0.1) is 7.98 Å². The average molecular weight is 454 g/mol. The summed E-state index contributed by atoms with van der Waals surface area (Å²) in [6.45, 7) is 8.92. The number of hydrogen-bond acceptors (Lipinski definition) is 4. The number of carbonyl (C=O) groups excluding carboxylic acids is 1. The fourth-order valence-corrected chi connectivity index (χ4v) is 5.04. The lowest BCUT2D eigenvalue weighted by Crippen LogP contribution is -2.41. The van der Waals surface area contributed by atoms with Crippen molar-refractivity contribution >= 4 is 28.9 Å². The zero-order valence-corrected chi connectivity index (χ0v) is 16.6. The van der Waals surface area contributed by atoms with Crippen LogP contribution in [0.4, 0.5) is 0 Å². The summed E-state index contributed by atoms with van der Waals surface area (Å²) in [4.78, 5) is 17.5. The quantitative estimate of drug-likeness (QED) is 0.431. The van der Waals surface area contributed by atoms with Gasteiger partial charge in [-0.25, -0.2) is 4.79 Å². The molecular formula is C20H94ClNO2S. The first-order chi connectivity index (χ1) is 14.3. The molecule has 1 aromatic carbocycles. The van der Waals surface area contributed by atoms with Crippen molar-refractivity contribution in [1.29, 1.82) is 0 Å².